The molecule has 0 aromatic carbocycles. The molecule has 0 aliphatic heterocycles. The summed E-state index contributed by atoms with van der Waals surface area (Å²) in [5.74, 6) is 0. The summed E-state index contributed by atoms with van der Waals surface area (Å²) in [5.41, 5.74) is 0. The second-order valence-electron chi connectivity index (χ2n) is 0.583. The van der Waals surface area contributed by atoms with E-state index >= 15 is 0 Å². The van der Waals surface area contributed by atoms with Gasteiger partial charge in [-0.05, 0) is 4.57 Å². The van der Waals surface area contributed by atoms with Gasteiger partial charge in [0.15, 0.2) is 9.03 Å². The zero-order valence-corrected chi connectivity index (χ0v) is 6.67. The number of hydrogen-bond acceptors (Lipinski definition) is 4. The van der Waals surface area contributed by atoms with E-state index in [4.69, 9.17) is 9.46 Å². The van der Waals surface area contributed by atoms with Gasteiger partial charge in [0, 0.05) is 7.11 Å². The Labute approximate surface area is 80.9 Å². The van der Waals surface area contributed by atoms with E-state index in [1.165, 1.54) is 14.2 Å². The highest BCUT2D eigenvalue weighted by atomic mass is 31.1. The van der Waals surface area contributed by atoms with Gasteiger partial charge in [0.25, 0.3) is 0 Å². The summed E-state index contributed by atoms with van der Waals surface area (Å²) in [6, 6.07) is 0. The highest BCUT2D eigenvalue weighted by molar-refractivity contribution is 7.24. The molecule has 0 aromatic heterocycles. The van der Waals surface area contributed by atoms with Crippen LogP contribution in [0.2, 0.25) is 0 Å². The van der Waals surface area contributed by atoms with E-state index in [0.717, 1.165) is 0 Å². The lowest BCUT2D eigenvalue weighted by atomic mass is 11.8. The third-order valence-electron chi connectivity index (χ3n) is 0.175. The quantitative estimate of drug-likeness (QED) is 0.730. The van der Waals surface area contributed by atoms with E-state index in [0.29, 0.717) is 0 Å². The first-order valence-electron chi connectivity index (χ1n) is 1.65. The van der Waals surface area contributed by atoms with Crippen molar-refractivity contribution in [2.45, 2.75) is 29.7 Å². The monoisotopic (exact) mass is 223 g/mol. The molecule has 6 heteroatoms. The van der Waals surface area contributed by atoms with Crippen LogP contribution in [0.15, 0.2) is 0 Å². The van der Waals surface area contributed by atoms with Crippen molar-refractivity contribution in [1.29, 1.82) is 0 Å². The Hall–Kier alpha value is 0.410. The first-order valence-corrected chi connectivity index (χ1v) is 3.32. The fraction of sp³-hybridized carbons (Fsp3) is 1.00. The van der Waals surface area contributed by atoms with Crippen LogP contribution in [0, 0.1) is 0 Å². The average Bonchev–Trinajstić information content (AvgIpc) is 1.88. The number of hydrogen-bond donors (Lipinski definition) is 1. The molecule has 1 N–H and O–H groups in total. The molecule has 0 amide bonds. The Bertz CT molecular complexity index is 44.5. The first kappa shape index (κ1) is 39.3. The van der Waals surface area contributed by atoms with Gasteiger partial charge < -0.3 is 9.42 Å². The van der Waals surface area contributed by atoms with Crippen LogP contribution >= 0.6 is 17.7 Å². The maximum Gasteiger partial charge on any atom is 0.493 e. The van der Waals surface area contributed by atoms with Gasteiger partial charge in [-0.15, -0.1) is 0 Å². The van der Waals surface area contributed by atoms with Gasteiger partial charge in [-0.1, -0.05) is 29.7 Å². The van der Waals surface area contributed by atoms with Crippen molar-refractivity contribution < 1.29 is 18.5 Å². The molecular formula is C6H25O4P2+. The highest BCUT2D eigenvalue weighted by Gasteiger charge is 1.65. The van der Waals surface area contributed by atoms with Gasteiger partial charge >= 0.3 is 8.69 Å². The standard InChI is InChI=1S/CH5O2P.CH4O2P.4CH4/c2*1-3-4-2;;;;/h2,4H,1H3;4H,1H3;4*1H4/q;+1;;;;. The molecule has 0 aliphatic rings. The Morgan fingerprint density at radius 2 is 1.33 bits per heavy atom. The van der Waals surface area contributed by atoms with Crippen LogP contribution in [0.5, 0.6) is 0 Å². The van der Waals surface area contributed by atoms with Gasteiger partial charge in [0.05, 0.1) is 7.11 Å². The summed E-state index contributed by atoms with van der Waals surface area (Å²) >= 11 is 0. The Morgan fingerprint density at radius 1 is 1.17 bits per heavy atom. The molecule has 0 heterocycles. The molecular weight excluding hydrogens is 198 g/mol. The van der Waals surface area contributed by atoms with E-state index < -0.39 is 8.69 Å². The largest absolute Gasteiger partial charge is 0.493 e. The topological polar surface area (TPSA) is 55.8 Å². The van der Waals surface area contributed by atoms with Gasteiger partial charge in [0.1, 0.15) is 0 Å². The fourth-order valence-corrected chi connectivity index (χ4v) is 0. The highest BCUT2D eigenvalue weighted by Crippen LogP contribution is 1.95. The lowest BCUT2D eigenvalue weighted by Crippen LogP contribution is -1.50. The van der Waals surface area contributed by atoms with Crippen molar-refractivity contribution in [2.75, 3.05) is 14.2 Å². The second kappa shape index (κ2) is 63.6. The third kappa shape index (κ3) is 159. The molecule has 0 fully saturated rings. The molecule has 0 bridgehead atoms. The minimum atomic E-state index is -0.610. The summed E-state index contributed by atoms with van der Waals surface area (Å²) < 4.78 is 17.2. The molecule has 4 nitrogen and oxygen atoms in total. The first-order chi connectivity index (χ1) is 3.83. The van der Waals surface area contributed by atoms with E-state index in [1.54, 1.807) is 0 Å². The Morgan fingerprint density at radius 3 is 1.33 bits per heavy atom. The molecule has 0 spiro atoms. The lowest BCUT2D eigenvalue weighted by molar-refractivity contribution is 0.413. The van der Waals surface area contributed by atoms with Gasteiger partial charge in [-0.25, -0.2) is 0 Å². The third-order valence-corrected chi connectivity index (χ3v) is 0.524. The molecule has 0 aliphatic carbocycles. The van der Waals surface area contributed by atoms with Crippen molar-refractivity contribution in [2.24, 2.45) is 0 Å². The smallest absolute Gasteiger partial charge is 0.352 e. The minimum Gasteiger partial charge on any atom is -0.352 e. The van der Waals surface area contributed by atoms with Gasteiger partial charge in [-0.2, -0.15) is 4.52 Å². The minimum absolute atomic E-state index is 0. The van der Waals surface area contributed by atoms with Crippen LogP contribution in [0.4, 0.5) is 0 Å². The molecule has 0 saturated heterocycles. The van der Waals surface area contributed by atoms with Crippen LogP contribution in [-0.4, -0.2) is 19.1 Å². The summed E-state index contributed by atoms with van der Waals surface area (Å²) in [7, 11) is 1.85. The van der Waals surface area contributed by atoms with E-state index in [1.807, 2.05) is 0 Å². The van der Waals surface area contributed by atoms with Crippen molar-refractivity contribution in [3.05, 3.63) is 0 Å². The maximum absolute atomic E-state index is 9.10. The molecule has 82 valence electrons. The van der Waals surface area contributed by atoms with Crippen LogP contribution in [0.1, 0.15) is 29.7 Å². The van der Waals surface area contributed by atoms with Crippen LogP contribution in [0.25, 0.3) is 0 Å². The fourth-order valence-electron chi connectivity index (χ4n) is 0. The van der Waals surface area contributed by atoms with Crippen molar-refractivity contribution in [3.8, 4) is 0 Å². The Balaban J connectivity index is -0.0000000112. The SMILES string of the molecule is C.C.C.C.COPO.CO[PH+]=O. The average molecular weight is 223 g/mol. The Kier molecular flexibility index (Phi) is 208. The molecule has 0 radical (unpaired) electrons. The summed E-state index contributed by atoms with van der Waals surface area (Å²) in [6.07, 6.45) is 0. The van der Waals surface area contributed by atoms with Crippen LogP contribution in [-0.2, 0) is 13.6 Å². The zero-order valence-electron chi connectivity index (χ0n) is 4.67. The molecule has 2 atom stereocenters. The van der Waals surface area contributed by atoms with E-state index in [9.17, 15) is 0 Å². The van der Waals surface area contributed by atoms with Crippen LogP contribution in [0.3, 0.4) is 0 Å². The van der Waals surface area contributed by atoms with Gasteiger partial charge in [0.2, 0.25) is 0 Å². The molecule has 2 unspecified atom stereocenters. The summed E-state index contributed by atoms with van der Waals surface area (Å²) in [5, 5.41) is 0. The molecule has 12 heavy (non-hydrogen) atoms. The summed E-state index contributed by atoms with van der Waals surface area (Å²) in [4.78, 5) is 7.68. The van der Waals surface area contributed by atoms with Gasteiger partial charge in [-0.3, -0.25) is 0 Å². The van der Waals surface area contributed by atoms with E-state index in [-0.39, 0.29) is 38.7 Å². The summed E-state index contributed by atoms with van der Waals surface area (Å²) in [6.45, 7) is 0. The van der Waals surface area contributed by atoms with Crippen LogP contribution < -0.4 is 0 Å². The maximum atomic E-state index is 9.10. The predicted octanol–water partition coefficient (Wildman–Crippen LogP) is 3.25. The predicted molar refractivity (Wildman–Crippen MR) is 60.5 cm³/mol. The normalized spacial score (nSPS) is 6.25. The second-order valence-corrected chi connectivity index (χ2v) is 1.75. The number of rotatable bonds is 2. The van der Waals surface area contributed by atoms with E-state index in [2.05, 4.69) is 9.05 Å². The molecule has 0 rings (SSSR count). The molecule has 0 saturated carbocycles. The van der Waals surface area contributed by atoms with Crippen molar-refractivity contribution in [3.63, 3.8) is 0 Å². The lowest BCUT2D eigenvalue weighted by Gasteiger charge is -1.75. The van der Waals surface area contributed by atoms with Crippen molar-refractivity contribution in [1.82, 2.24) is 0 Å². The zero-order chi connectivity index (χ0) is 6.83. The molecule has 0 aromatic rings. The van der Waals surface area contributed by atoms with Crippen molar-refractivity contribution >= 4 is 17.7 Å².